The lowest BCUT2D eigenvalue weighted by molar-refractivity contribution is 0.221. The Hall–Kier alpha value is -2.36. The monoisotopic (exact) mass is 295 g/mol. The fourth-order valence-electron chi connectivity index (χ4n) is 3.15. The molecule has 1 heterocycles. The van der Waals surface area contributed by atoms with Crippen molar-refractivity contribution < 1.29 is 4.79 Å². The van der Waals surface area contributed by atoms with Gasteiger partial charge >= 0.3 is 6.03 Å². The number of urea groups is 1. The summed E-state index contributed by atoms with van der Waals surface area (Å²) in [5, 5.41) is 6.06. The Labute approximate surface area is 131 Å². The molecule has 0 spiro atoms. The van der Waals surface area contributed by atoms with Gasteiger partial charge in [-0.15, -0.1) is 0 Å². The second kappa shape index (κ2) is 6.18. The van der Waals surface area contributed by atoms with Gasteiger partial charge in [0.25, 0.3) is 0 Å². The molecular formula is C18H21N3O. The zero-order chi connectivity index (χ0) is 15.4. The maximum atomic E-state index is 12.3. The van der Waals surface area contributed by atoms with Gasteiger partial charge < -0.3 is 10.6 Å². The number of hydrogen-bond donors (Lipinski definition) is 2. The minimum atomic E-state index is -0.298. The average Bonchev–Trinajstić information content (AvgIpc) is 2.54. The summed E-state index contributed by atoms with van der Waals surface area (Å²) in [5.41, 5.74) is 3.27. The van der Waals surface area contributed by atoms with Crippen LogP contribution in [-0.4, -0.2) is 11.0 Å². The van der Waals surface area contributed by atoms with Crippen LogP contribution in [0.3, 0.4) is 0 Å². The molecule has 22 heavy (non-hydrogen) atoms. The molecule has 1 aromatic heterocycles. The van der Waals surface area contributed by atoms with Gasteiger partial charge in [0.15, 0.2) is 0 Å². The summed E-state index contributed by atoms with van der Waals surface area (Å²) in [6.07, 6.45) is 6.63. The minimum absolute atomic E-state index is 0.136. The zero-order valence-corrected chi connectivity index (χ0v) is 12.8. The van der Waals surface area contributed by atoms with Crippen LogP contribution in [0.4, 0.5) is 4.79 Å². The fraction of sp³-hybridized carbons (Fsp3) is 0.333. The first-order valence-corrected chi connectivity index (χ1v) is 7.71. The number of rotatable bonds is 3. The maximum absolute atomic E-state index is 12.3. The predicted molar refractivity (Wildman–Crippen MR) is 86.3 cm³/mol. The highest BCUT2D eigenvalue weighted by molar-refractivity contribution is 5.75. The van der Waals surface area contributed by atoms with Crippen LogP contribution in [0.5, 0.6) is 0 Å². The van der Waals surface area contributed by atoms with E-state index in [2.05, 4.69) is 40.7 Å². The van der Waals surface area contributed by atoms with Gasteiger partial charge in [0.2, 0.25) is 0 Å². The number of aromatic nitrogens is 1. The second-order valence-corrected chi connectivity index (χ2v) is 6.01. The smallest absolute Gasteiger partial charge is 0.315 e. The summed E-state index contributed by atoms with van der Waals surface area (Å²) in [7, 11) is 0. The molecule has 4 nitrogen and oxygen atoms in total. The maximum Gasteiger partial charge on any atom is 0.315 e. The Balaban J connectivity index is 1.66. The molecule has 0 unspecified atom stereocenters. The van der Waals surface area contributed by atoms with Crippen LogP contribution < -0.4 is 10.6 Å². The molecule has 1 aliphatic carbocycles. The van der Waals surface area contributed by atoms with E-state index in [-0.39, 0.29) is 11.6 Å². The number of nitrogens with zero attached hydrogens (tertiary/aromatic N) is 1. The lowest BCUT2D eigenvalue weighted by atomic mass is 9.78. The molecule has 0 fully saturated rings. The van der Waals surface area contributed by atoms with E-state index >= 15 is 0 Å². The van der Waals surface area contributed by atoms with Crippen LogP contribution in [0, 0.1) is 0 Å². The number of carbonyl (C=O) groups excluding carboxylic acids is 1. The average molecular weight is 295 g/mol. The van der Waals surface area contributed by atoms with Gasteiger partial charge in [0.05, 0.1) is 5.54 Å². The number of aryl methyl sites for hydroxylation is 1. The van der Waals surface area contributed by atoms with Gasteiger partial charge in [-0.2, -0.15) is 0 Å². The van der Waals surface area contributed by atoms with Crippen molar-refractivity contribution in [3.05, 3.63) is 65.5 Å². The zero-order valence-electron chi connectivity index (χ0n) is 12.8. The van der Waals surface area contributed by atoms with E-state index < -0.39 is 0 Å². The lowest BCUT2D eigenvalue weighted by Crippen LogP contribution is -2.49. The Kier molecular flexibility index (Phi) is 4.09. The third kappa shape index (κ3) is 3.11. The number of carbonyl (C=O) groups is 1. The van der Waals surface area contributed by atoms with Crippen molar-refractivity contribution in [2.75, 3.05) is 0 Å². The molecule has 0 aliphatic heterocycles. The highest BCUT2D eigenvalue weighted by atomic mass is 16.2. The third-order valence-corrected chi connectivity index (χ3v) is 4.30. The van der Waals surface area contributed by atoms with Crippen LogP contribution in [-0.2, 0) is 18.5 Å². The van der Waals surface area contributed by atoms with Crippen molar-refractivity contribution in [3.63, 3.8) is 0 Å². The van der Waals surface area contributed by atoms with E-state index in [4.69, 9.17) is 0 Å². The summed E-state index contributed by atoms with van der Waals surface area (Å²) >= 11 is 0. The van der Waals surface area contributed by atoms with Gasteiger partial charge in [-0.3, -0.25) is 4.98 Å². The topological polar surface area (TPSA) is 54.0 Å². The summed E-state index contributed by atoms with van der Waals surface area (Å²) in [5.74, 6) is 0. The van der Waals surface area contributed by atoms with Crippen LogP contribution in [0.1, 0.15) is 36.5 Å². The molecule has 2 aromatic rings. The number of fused-ring (bicyclic) bond motifs is 1. The quantitative estimate of drug-likeness (QED) is 0.914. The summed E-state index contributed by atoms with van der Waals surface area (Å²) in [6.45, 7) is 2.59. The van der Waals surface area contributed by atoms with Crippen LogP contribution in [0.25, 0.3) is 0 Å². The molecule has 4 heteroatoms. The number of amides is 2. The van der Waals surface area contributed by atoms with Crippen LogP contribution in [0.15, 0.2) is 48.8 Å². The Morgan fingerprint density at radius 3 is 2.95 bits per heavy atom. The van der Waals surface area contributed by atoms with Crippen LogP contribution in [0.2, 0.25) is 0 Å². The molecule has 1 aromatic carbocycles. The third-order valence-electron chi connectivity index (χ3n) is 4.30. The Morgan fingerprint density at radius 2 is 2.14 bits per heavy atom. The molecule has 3 rings (SSSR count). The Bertz CT molecular complexity index is 656. The molecule has 2 amide bonds. The highest BCUT2D eigenvalue weighted by Crippen LogP contribution is 2.34. The fourth-order valence-corrected chi connectivity index (χ4v) is 3.15. The molecule has 0 radical (unpaired) electrons. The molecule has 114 valence electrons. The van der Waals surface area contributed by atoms with Gasteiger partial charge in [0.1, 0.15) is 0 Å². The van der Waals surface area contributed by atoms with E-state index in [1.807, 2.05) is 18.2 Å². The van der Waals surface area contributed by atoms with Gasteiger partial charge in [-0.1, -0.05) is 30.3 Å². The van der Waals surface area contributed by atoms with E-state index in [0.717, 1.165) is 24.8 Å². The summed E-state index contributed by atoms with van der Waals surface area (Å²) < 4.78 is 0. The summed E-state index contributed by atoms with van der Waals surface area (Å²) in [6, 6.07) is 12.1. The van der Waals surface area contributed by atoms with Gasteiger partial charge in [-0.25, -0.2) is 4.79 Å². The van der Waals surface area contributed by atoms with Crippen molar-refractivity contribution >= 4 is 6.03 Å². The number of benzene rings is 1. The van der Waals surface area contributed by atoms with E-state index in [1.54, 1.807) is 12.4 Å². The molecule has 0 saturated carbocycles. The molecule has 0 saturated heterocycles. The van der Waals surface area contributed by atoms with Crippen molar-refractivity contribution in [1.82, 2.24) is 15.6 Å². The predicted octanol–water partition coefficient (Wildman–Crippen LogP) is 3.13. The molecule has 1 aliphatic rings. The highest BCUT2D eigenvalue weighted by Gasteiger charge is 2.33. The molecule has 1 atom stereocenters. The van der Waals surface area contributed by atoms with Crippen LogP contribution >= 0.6 is 0 Å². The van der Waals surface area contributed by atoms with Gasteiger partial charge in [-0.05, 0) is 48.9 Å². The van der Waals surface area contributed by atoms with E-state index in [9.17, 15) is 4.79 Å². The minimum Gasteiger partial charge on any atom is -0.334 e. The SMILES string of the molecule is C[C@@]1(NC(=O)NCc2cccnc2)CCCc2ccccc21. The normalized spacial score (nSPS) is 20.0. The Morgan fingerprint density at radius 1 is 1.27 bits per heavy atom. The first-order valence-electron chi connectivity index (χ1n) is 7.71. The number of nitrogens with one attached hydrogen (secondary N) is 2. The number of pyridine rings is 1. The van der Waals surface area contributed by atoms with Crippen molar-refractivity contribution in [2.24, 2.45) is 0 Å². The van der Waals surface area contributed by atoms with Crippen molar-refractivity contribution in [1.29, 1.82) is 0 Å². The van der Waals surface area contributed by atoms with E-state index in [1.165, 1.54) is 11.1 Å². The molecule has 0 bridgehead atoms. The summed E-state index contributed by atoms with van der Waals surface area (Å²) in [4.78, 5) is 16.3. The first-order chi connectivity index (χ1) is 10.7. The number of hydrogen-bond acceptors (Lipinski definition) is 2. The van der Waals surface area contributed by atoms with E-state index in [0.29, 0.717) is 6.54 Å². The largest absolute Gasteiger partial charge is 0.334 e. The van der Waals surface area contributed by atoms with Crippen molar-refractivity contribution in [2.45, 2.75) is 38.3 Å². The standard InChI is InChI=1S/C18H21N3O/c1-18(10-4-8-15-7-2-3-9-16(15)18)21-17(22)20-13-14-6-5-11-19-12-14/h2-3,5-7,9,11-12H,4,8,10,13H2,1H3,(H2,20,21,22)/t18-/m1/s1. The molecule has 2 N–H and O–H groups in total. The van der Waals surface area contributed by atoms with Gasteiger partial charge in [0, 0.05) is 18.9 Å². The molecular weight excluding hydrogens is 274 g/mol. The second-order valence-electron chi connectivity index (χ2n) is 6.01. The first kappa shape index (κ1) is 14.6. The lowest BCUT2D eigenvalue weighted by Gasteiger charge is -2.36. The van der Waals surface area contributed by atoms with Crippen molar-refractivity contribution in [3.8, 4) is 0 Å².